The molecule has 0 amide bonds. The summed E-state index contributed by atoms with van der Waals surface area (Å²) in [6.45, 7) is 4.17. The van der Waals surface area contributed by atoms with Gasteiger partial charge in [-0.1, -0.05) is 49.3 Å². The van der Waals surface area contributed by atoms with Crippen LogP contribution in [0, 0.1) is 23.2 Å². The zero-order chi connectivity index (χ0) is 14.3. The number of carboxylic acids is 1. The normalized spacial score (nSPS) is 39.4. The minimum Gasteiger partial charge on any atom is -0.481 e. The average Bonchev–Trinajstić information content (AvgIpc) is 2.46. The lowest BCUT2D eigenvalue weighted by Gasteiger charge is -2.47. The molecule has 0 radical (unpaired) electrons. The van der Waals surface area contributed by atoms with Crippen molar-refractivity contribution in [3.8, 4) is 0 Å². The molecule has 1 N–H and O–H groups in total. The van der Waals surface area contributed by atoms with E-state index in [1.165, 1.54) is 11.1 Å². The molecular formula is C18H24O2. The molecule has 3 aliphatic rings. The van der Waals surface area contributed by atoms with Gasteiger partial charge in [0.05, 0.1) is 5.41 Å². The van der Waals surface area contributed by atoms with Gasteiger partial charge in [0.25, 0.3) is 0 Å². The molecule has 0 saturated heterocycles. The molecule has 3 aliphatic carbocycles. The molecule has 2 heteroatoms. The number of carbonyl (C=O) groups is 1. The van der Waals surface area contributed by atoms with Gasteiger partial charge in [-0.25, -0.2) is 0 Å². The maximum atomic E-state index is 12.1. The molecular weight excluding hydrogens is 248 g/mol. The van der Waals surface area contributed by atoms with Crippen LogP contribution >= 0.6 is 0 Å². The topological polar surface area (TPSA) is 37.3 Å². The summed E-state index contributed by atoms with van der Waals surface area (Å²) in [5.41, 5.74) is 2.12. The predicted octanol–water partition coefficient (Wildman–Crippen LogP) is 4.35. The maximum Gasteiger partial charge on any atom is 0.314 e. The fourth-order valence-corrected chi connectivity index (χ4v) is 4.77. The summed E-state index contributed by atoms with van der Waals surface area (Å²) in [7, 11) is 0. The fourth-order valence-electron chi connectivity index (χ4n) is 4.77. The zero-order valence-electron chi connectivity index (χ0n) is 12.4. The first kappa shape index (κ1) is 13.7. The van der Waals surface area contributed by atoms with Gasteiger partial charge in [0.15, 0.2) is 0 Å². The first-order chi connectivity index (χ1) is 9.61. The van der Waals surface area contributed by atoms with Crippen LogP contribution < -0.4 is 0 Å². The molecule has 0 spiro atoms. The lowest BCUT2D eigenvalue weighted by atomic mass is 9.56. The highest BCUT2D eigenvalue weighted by Gasteiger charge is 2.50. The number of hydrogen-bond acceptors (Lipinski definition) is 1. The predicted molar refractivity (Wildman–Crippen MR) is 80.3 cm³/mol. The number of rotatable bonds is 2. The minimum absolute atomic E-state index is 0.253. The van der Waals surface area contributed by atoms with Crippen molar-refractivity contribution in [1.29, 1.82) is 0 Å². The Hall–Kier alpha value is -1.31. The Labute approximate surface area is 121 Å². The van der Waals surface area contributed by atoms with Crippen LogP contribution in [0.1, 0.15) is 46.0 Å². The van der Waals surface area contributed by atoms with Crippen LogP contribution in [0.15, 0.2) is 35.5 Å². The molecule has 20 heavy (non-hydrogen) atoms. The quantitative estimate of drug-likeness (QED) is 0.759. The molecule has 0 aromatic heterocycles. The SMILES string of the molecule is CCC1(C(=O)O)C2=C(CCC1C)C1C=CC=CC1CC2. The second-order valence-electron chi connectivity index (χ2n) is 6.57. The van der Waals surface area contributed by atoms with E-state index in [2.05, 4.69) is 31.2 Å². The van der Waals surface area contributed by atoms with Crippen LogP contribution in [-0.2, 0) is 4.79 Å². The zero-order valence-corrected chi connectivity index (χ0v) is 12.4. The Morgan fingerprint density at radius 2 is 2.05 bits per heavy atom. The molecule has 0 bridgehead atoms. The minimum atomic E-state index is -0.604. The molecule has 0 heterocycles. The first-order valence-electron chi connectivity index (χ1n) is 7.92. The number of fused-ring (bicyclic) bond motifs is 2. The van der Waals surface area contributed by atoms with Gasteiger partial charge in [-0.2, -0.15) is 0 Å². The fraction of sp³-hybridized carbons (Fsp3) is 0.611. The van der Waals surface area contributed by atoms with Gasteiger partial charge in [0.2, 0.25) is 0 Å². The van der Waals surface area contributed by atoms with Gasteiger partial charge >= 0.3 is 5.97 Å². The number of aliphatic carboxylic acids is 1. The van der Waals surface area contributed by atoms with Crippen molar-refractivity contribution in [1.82, 2.24) is 0 Å². The Morgan fingerprint density at radius 1 is 1.30 bits per heavy atom. The maximum absolute atomic E-state index is 12.1. The summed E-state index contributed by atoms with van der Waals surface area (Å²) in [5, 5.41) is 9.93. The van der Waals surface area contributed by atoms with Crippen LogP contribution in [0.4, 0.5) is 0 Å². The van der Waals surface area contributed by atoms with E-state index in [4.69, 9.17) is 0 Å². The highest BCUT2D eigenvalue weighted by molar-refractivity contribution is 5.80. The van der Waals surface area contributed by atoms with Crippen LogP contribution in [-0.4, -0.2) is 11.1 Å². The lowest BCUT2D eigenvalue weighted by Crippen LogP contribution is -2.44. The number of carboxylic acid groups (broad SMARTS) is 1. The smallest absolute Gasteiger partial charge is 0.314 e. The van der Waals surface area contributed by atoms with Crippen LogP contribution in [0.2, 0.25) is 0 Å². The third-order valence-corrected chi connectivity index (χ3v) is 5.93. The molecule has 0 aromatic carbocycles. The third-order valence-electron chi connectivity index (χ3n) is 5.93. The van der Waals surface area contributed by atoms with Crippen molar-refractivity contribution in [2.24, 2.45) is 23.2 Å². The largest absolute Gasteiger partial charge is 0.481 e. The monoisotopic (exact) mass is 272 g/mol. The van der Waals surface area contributed by atoms with Crippen molar-refractivity contribution < 1.29 is 9.90 Å². The second kappa shape index (κ2) is 4.91. The standard InChI is InChI=1S/C18H24O2/c1-3-18(17(19)20)12(2)8-10-15-14-7-5-4-6-13(14)9-11-16(15)18/h4-7,12-14H,3,8-11H2,1-2H3,(H,19,20). The van der Waals surface area contributed by atoms with E-state index >= 15 is 0 Å². The Balaban J connectivity index is 2.11. The summed E-state index contributed by atoms with van der Waals surface area (Å²) in [4.78, 5) is 12.1. The van der Waals surface area contributed by atoms with Crippen molar-refractivity contribution in [2.75, 3.05) is 0 Å². The molecule has 4 atom stereocenters. The summed E-state index contributed by atoms with van der Waals surface area (Å²) in [5.74, 6) is 0.703. The van der Waals surface area contributed by atoms with Crippen molar-refractivity contribution in [2.45, 2.75) is 46.0 Å². The summed E-state index contributed by atoms with van der Waals surface area (Å²) >= 11 is 0. The van der Waals surface area contributed by atoms with E-state index in [0.29, 0.717) is 11.8 Å². The van der Waals surface area contributed by atoms with E-state index in [0.717, 1.165) is 32.1 Å². The Morgan fingerprint density at radius 3 is 2.75 bits per heavy atom. The van der Waals surface area contributed by atoms with Crippen molar-refractivity contribution in [3.05, 3.63) is 35.5 Å². The molecule has 3 rings (SSSR count). The van der Waals surface area contributed by atoms with Crippen molar-refractivity contribution >= 4 is 5.97 Å². The van der Waals surface area contributed by atoms with E-state index < -0.39 is 11.4 Å². The average molecular weight is 272 g/mol. The molecule has 2 nitrogen and oxygen atoms in total. The molecule has 108 valence electrons. The van der Waals surface area contributed by atoms with Gasteiger partial charge in [-0.15, -0.1) is 0 Å². The van der Waals surface area contributed by atoms with E-state index in [1.54, 1.807) is 0 Å². The molecule has 4 unspecified atom stereocenters. The van der Waals surface area contributed by atoms with Crippen molar-refractivity contribution in [3.63, 3.8) is 0 Å². The summed E-state index contributed by atoms with van der Waals surface area (Å²) in [6, 6.07) is 0. The van der Waals surface area contributed by atoms with E-state index in [-0.39, 0.29) is 5.92 Å². The summed E-state index contributed by atoms with van der Waals surface area (Å²) in [6.07, 6.45) is 13.8. The molecule has 0 fully saturated rings. The highest BCUT2D eigenvalue weighted by Crippen LogP contribution is 2.55. The highest BCUT2D eigenvalue weighted by atomic mass is 16.4. The number of allylic oxidation sites excluding steroid dienone is 5. The summed E-state index contributed by atoms with van der Waals surface area (Å²) < 4.78 is 0. The lowest BCUT2D eigenvalue weighted by molar-refractivity contribution is -0.150. The second-order valence-corrected chi connectivity index (χ2v) is 6.57. The Bertz CT molecular complexity index is 512. The molecule has 0 aromatic rings. The van der Waals surface area contributed by atoms with E-state index in [9.17, 15) is 9.90 Å². The molecule has 0 aliphatic heterocycles. The number of hydrogen-bond donors (Lipinski definition) is 1. The molecule has 0 saturated carbocycles. The van der Waals surface area contributed by atoms with E-state index in [1.807, 2.05) is 6.92 Å². The Kier molecular flexibility index (Phi) is 3.35. The van der Waals surface area contributed by atoms with Gasteiger partial charge in [0.1, 0.15) is 0 Å². The first-order valence-corrected chi connectivity index (χ1v) is 7.92. The van der Waals surface area contributed by atoms with Crippen LogP contribution in [0.3, 0.4) is 0 Å². The van der Waals surface area contributed by atoms with Gasteiger partial charge in [0, 0.05) is 5.92 Å². The third kappa shape index (κ3) is 1.73. The van der Waals surface area contributed by atoms with Gasteiger partial charge < -0.3 is 5.11 Å². The van der Waals surface area contributed by atoms with Gasteiger partial charge in [-0.05, 0) is 43.9 Å². The van der Waals surface area contributed by atoms with Gasteiger partial charge in [-0.3, -0.25) is 4.79 Å². The van der Waals surface area contributed by atoms with Crippen LogP contribution in [0.5, 0.6) is 0 Å². The van der Waals surface area contributed by atoms with Crippen LogP contribution in [0.25, 0.3) is 0 Å².